The number of carbonyl (C=O) groups is 1. The van der Waals surface area contributed by atoms with Crippen LogP contribution < -0.4 is 0 Å². The smallest absolute Gasteiger partial charge is 0.323 e. The molecule has 0 saturated carbocycles. The number of likely N-dealkylation sites (tertiary alicyclic amines) is 1. The van der Waals surface area contributed by atoms with Crippen LogP contribution in [-0.4, -0.2) is 34.1 Å². The molecule has 1 aliphatic rings. The summed E-state index contributed by atoms with van der Waals surface area (Å²) in [6.07, 6.45) is 3.00. The van der Waals surface area contributed by atoms with Crippen molar-refractivity contribution in [1.82, 2.24) is 4.90 Å². The number of carboxylic acids is 1. The van der Waals surface area contributed by atoms with Gasteiger partial charge in [-0.3, -0.25) is 9.69 Å². The van der Waals surface area contributed by atoms with Crippen LogP contribution in [0.5, 0.6) is 0 Å². The number of hydrogen-bond acceptors (Lipinski definition) is 2. The van der Waals surface area contributed by atoms with Gasteiger partial charge in [0.15, 0.2) is 0 Å². The van der Waals surface area contributed by atoms with E-state index in [2.05, 4.69) is 18.7 Å². The van der Waals surface area contributed by atoms with Crippen molar-refractivity contribution in [2.45, 2.75) is 58.5 Å². The molecule has 0 aromatic carbocycles. The molecule has 0 spiro atoms. The Morgan fingerprint density at radius 2 is 2.13 bits per heavy atom. The molecule has 3 heteroatoms. The Morgan fingerprint density at radius 1 is 1.53 bits per heavy atom. The molecule has 0 aromatic heterocycles. The van der Waals surface area contributed by atoms with Gasteiger partial charge in [-0.25, -0.2) is 0 Å². The average Bonchev–Trinajstić information content (AvgIpc) is 2.20. The quantitative estimate of drug-likeness (QED) is 0.782. The van der Waals surface area contributed by atoms with Gasteiger partial charge in [0, 0.05) is 6.04 Å². The standard InChI is InChI=1S/C12H23NO2/c1-5-12(4,11(14)15)13-8-6-7-9(2)10(13)3/h9-10H,5-8H2,1-4H3,(H,14,15). The van der Waals surface area contributed by atoms with Gasteiger partial charge in [0.2, 0.25) is 0 Å². The Hall–Kier alpha value is -0.570. The molecule has 1 saturated heterocycles. The van der Waals surface area contributed by atoms with Gasteiger partial charge in [-0.2, -0.15) is 0 Å². The second-order valence-electron chi connectivity index (χ2n) is 4.99. The third-order valence-electron chi connectivity index (χ3n) is 4.16. The summed E-state index contributed by atoms with van der Waals surface area (Å²) in [7, 11) is 0. The minimum Gasteiger partial charge on any atom is -0.480 e. The van der Waals surface area contributed by atoms with E-state index in [-0.39, 0.29) is 0 Å². The van der Waals surface area contributed by atoms with Crippen molar-refractivity contribution in [3.63, 3.8) is 0 Å². The van der Waals surface area contributed by atoms with Crippen LogP contribution >= 0.6 is 0 Å². The number of aliphatic carboxylic acids is 1. The Labute approximate surface area is 92.5 Å². The molecule has 3 unspecified atom stereocenters. The van der Waals surface area contributed by atoms with Gasteiger partial charge in [0.05, 0.1) is 0 Å². The highest BCUT2D eigenvalue weighted by molar-refractivity contribution is 5.78. The fourth-order valence-electron chi connectivity index (χ4n) is 2.51. The molecule has 15 heavy (non-hydrogen) atoms. The van der Waals surface area contributed by atoms with Crippen LogP contribution in [0.3, 0.4) is 0 Å². The van der Waals surface area contributed by atoms with E-state index in [9.17, 15) is 9.90 Å². The normalized spacial score (nSPS) is 32.3. The zero-order valence-electron chi connectivity index (χ0n) is 10.3. The summed E-state index contributed by atoms with van der Waals surface area (Å²) < 4.78 is 0. The molecule has 88 valence electrons. The fourth-order valence-corrected chi connectivity index (χ4v) is 2.51. The lowest BCUT2D eigenvalue weighted by atomic mass is 9.85. The highest BCUT2D eigenvalue weighted by Gasteiger charge is 2.42. The predicted octanol–water partition coefficient (Wildman–Crippen LogP) is 2.36. The first kappa shape index (κ1) is 12.5. The number of hydrogen-bond donors (Lipinski definition) is 1. The van der Waals surface area contributed by atoms with Crippen LogP contribution in [0.2, 0.25) is 0 Å². The molecule has 1 N–H and O–H groups in total. The Kier molecular flexibility index (Phi) is 3.77. The van der Waals surface area contributed by atoms with E-state index in [0.29, 0.717) is 18.4 Å². The molecule has 1 aliphatic heterocycles. The van der Waals surface area contributed by atoms with Crippen LogP contribution in [-0.2, 0) is 4.79 Å². The van der Waals surface area contributed by atoms with Crippen molar-refractivity contribution in [2.75, 3.05) is 6.54 Å². The highest BCUT2D eigenvalue weighted by Crippen LogP contribution is 2.31. The summed E-state index contributed by atoms with van der Waals surface area (Å²) in [5.74, 6) is -0.0880. The van der Waals surface area contributed by atoms with Crippen molar-refractivity contribution in [2.24, 2.45) is 5.92 Å². The molecule has 0 aliphatic carbocycles. The maximum atomic E-state index is 11.4. The predicted molar refractivity (Wildman–Crippen MR) is 60.9 cm³/mol. The summed E-state index contributed by atoms with van der Waals surface area (Å²) in [6.45, 7) is 9.10. The maximum absolute atomic E-state index is 11.4. The molecule has 0 aromatic rings. The summed E-state index contributed by atoms with van der Waals surface area (Å²) in [6, 6.07) is 0.375. The van der Waals surface area contributed by atoms with Gasteiger partial charge in [-0.15, -0.1) is 0 Å². The van der Waals surface area contributed by atoms with Gasteiger partial charge >= 0.3 is 5.97 Å². The molecule has 0 amide bonds. The van der Waals surface area contributed by atoms with Crippen molar-refractivity contribution in [3.8, 4) is 0 Å². The first-order valence-electron chi connectivity index (χ1n) is 5.93. The van der Waals surface area contributed by atoms with Crippen LogP contribution in [0.15, 0.2) is 0 Å². The highest BCUT2D eigenvalue weighted by atomic mass is 16.4. The molecule has 0 radical (unpaired) electrons. The monoisotopic (exact) mass is 213 g/mol. The first-order valence-corrected chi connectivity index (χ1v) is 5.93. The molecule has 3 nitrogen and oxygen atoms in total. The van der Waals surface area contributed by atoms with Gasteiger partial charge in [0.25, 0.3) is 0 Å². The fraction of sp³-hybridized carbons (Fsp3) is 0.917. The average molecular weight is 213 g/mol. The number of rotatable bonds is 3. The van der Waals surface area contributed by atoms with E-state index in [1.165, 1.54) is 6.42 Å². The first-order chi connectivity index (χ1) is 6.93. The summed E-state index contributed by atoms with van der Waals surface area (Å²) in [4.78, 5) is 13.5. The van der Waals surface area contributed by atoms with E-state index >= 15 is 0 Å². The van der Waals surface area contributed by atoms with Crippen LogP contribution in [0, 0.1) is 5.92 Å². The topological polar surface area (TPSA) is 40.5 Å². The van der Waals surface area contributed by atoms with Gasteiger partial charge in [-0.05, 0) is 45.6 Å². The number of nitrogens with zero attached hydrogens (tertiary/aromatic N) is 1. The van der Waals surface area contributed by atoms with E-state index in [1.807, 2.05) is 13.8 Å². The summed E-state index contributed by atoms with van der Waals surface area (Å²) in [5.41, 5.74) is -0.686. The minimum atomic E-state index is -0.689. The molecule has 0 bridgehead atoms. The molecular weight excluding hydrogens is 190 g/mol. The summed E-state index contributed by atoms with van der Waals surface area (Å²) >= 11 is 0. The summed E-state index contributed by atoms with van der Waals surface area (Å²) in [5, 5.41) is 9.35. The molecular formula is C12H23NO2. The maximum Gasteiger partial charge on any atom is 0.323 e. The van der Waals surface area contributed by atoms with E-state index in [4.69, 9.17) is 0 Å². The zero-order valence-corrected chi connectivity index (χ0v) is 10.3. The van der Waals surface area contributed by atoms with Crippen LogP contribution in [0.4, 0.5) is 0 Å². The van der Waals surface area contributed by atoms with E-state index in [1.54, 1.807) is 0 Å². The SMILES string of the molecule is CCC(C)(C(=O)O)N1CCCC(C)C1C. The lowest BCUT2D eigenvalue weighted by Crippen LogP contribution is -2.59. The van der Waals surface area contributed by atoms with Gasteiger partial charge in [0.1, 0.15) is 5.54 Å². The van der Waals surface area contributed by atoms with Crippen LogP contribution in [0.1, 0.15) is 47.0 Å². The van der Waals surface area contributed by atoms with Gasteiger partial charge in [-0.1, -0.05) is 13.8 Å². The molecule has 1 rings (SSSR count). The lowest BCUT2D eigenvalue weighted by Gasteiger charge is -2.46. The Morgan fingerprint density at radius 3 is 2.60 bits per heavy atom. The molecule has 1 heterocycles. The molecule has 3 atom stereocenters. The Balaban J connectivity index is 2.88. The van der Waals surface area contributed by atoms with Crippen LogP contribution in [0.25, 0.3) is 0 Å². The third kappa shape index (κ3) is 2.17. The number of carboxylic acid groups (broad SMARTS) is 1. The van der Waals surface area contributed by atoms with Crippen molar-refractivity contribution in [1.29, 1.82) is 0 Å². The molecule has 1 fully saturated rings. The van der Waals surface area contributed by atoms with Gasteiger partial charge < -0.3 is 5.11 Å². The van der Waals surface area contributed by atoms with Crippen molar-refractivity contribution >= 4 is 5.97 Å². The zero-order chi connectivity index (χ0) is 11.6. The van der Waals surface area contributed by atoms with Crippen molar-refractivity contribution < 1.29 is 9.90 Å². The second kappa shape index (κ2) is 4.52. The van der Waals surface area contributed by atoms with Crippen molar-refractivity contribution in [3.05, 3.63) is 0 Å². The lowest BCUT2D eigenvalue weighted by molar-refractivity contribution is -0.154. The second-order valence-corrected chi connectivity index (χ2v) is 4.99. The van der Waals surface area contributed by atoms with E-state index in [0.717, 1.165) is 13.0 Å². The number of piperidine rings is 1. The van der Waals surface area contributed by atoms with E-state index < -0.39 is 11.5 Å². The Bertz CT molecular complexity index is 242. The third-order valence-corrected chi connectivity index (χ3v) is 4.16. The largest absolute Gasteiger partial charge is 0.480 e. The minimum absolute atomic E-state index is 0.375.